The van der Waals surface area contributed by atoms with E-state index in [0.717, 1.165) is 22.8 Å². The van der Waals surface area contributed by atoms with Crippen LogP contribution >= 0.6 is 7.26 Å². The van der Waals surface area contributed by atoms with Crippen molar-refractivity contribution < 1.29 is 9.47 Å². The van der Waals surface area contributed by atoms with E-state index in [9.17, 15) is 0 Å². The minimum atomic E-state index is -1.52. The van der Waals surface area contributed by atoms with Crippen molar-refractivity contribution in [1.82, 2.24) is 0 Å². The van der Waals surface area contributed by atoms with Crippen LogP contribution in [0.5, 0.6) is 11.5 Å². The zero-order valence-corrected chi connectivity index (χ0v) is 16.3. The number of methoxy groups -OCH3 is 2. The largest absolute Gasteiger partial charge is 0.493 e. The lowest BCUT2D eigenvalue weighted by atomic mass is 9.99. The van der Waals surface area contributed by atoms with Gasteiger partial charge in [-0.05, 0) is 63.5 Å². The molecule has 0 heterocycles. The molecule has 2 nitrogen and oxygen atoms in total. The summed E-state index contributed by atoms with van der Waals surface area (Å²) in [5, 5.41) is 1.39. The molecule has 24 heavy (non-hydrogen) atoms. The lowest BCUT2D eigenvalue weighted by Gasteiger charge is -2.47. The van der Waals surface area contributed by atoms with Crippen molar-refractivity contribution in [2.45, 2.75) is 75.5 Å². The summed E-state index contributed by atoms with van der Waals surface area (Å²) >= 11 is 0. The van der Waals surface area contributed by atoms with E-state index in [-0.39, 0.29) is 0 Å². The summed E-state index contributed by atoms with van der Waals surface area (Å²) in [6.07, 6.45) is 13.7. The van der Waals surface area contributed by atoms with Crippen LogP contribution in [-0.2, 0) is 0 Å². The van der Waals surface area contributed by atoms with Gasteiger partial charge in [0.05, 0.1) is 14.2 Å². The molecule has 134 valence electrons. The fraction of sp³-hybridized carbons (Fsp3) is 0.667. The Morgan fingerprint density at radius 1 is 0.833 bits per heavy atom. The van der Waals surface area contributed by atoms with E-state index < -0.39 is 7.26 Å². The number of hydrogen-bond acceptors (Lipinski definition) is 2. The molecular weight excluding hydrogens is 315 g/mol. The summed E-state index contributed by atoms with van der Waals surface area (Å²) in [6, 6.07) is 6.46. The minimum Gasteiger partial charge on any atom is -0.493 e. The third-order valence-corrected chi connectivity index (χ3v) is 11.2. The normalized spacial score (nSPS) is 20.8. The molecule has 0 amide bonds. The molecule has 3 rings (SSSR count). The summed E-state index contributed by atoms with van der Waals surface area (Å²) < 4.78 is 11.5. The topological polar surface area (TPSA) is 18.5 Å². The van der Waals surface area contributed by atoms with Gasteiger partial charge in [-0.25, -0.2) is 0 Å². The van der Waals surface area contributed by atoms with Gasteiger partial charge in [-0.15, -0.1) is 0 Å². The summed E-state index contributed by atoms with van der Waals surface area (Å²) in [5.74, 6) is 1.83. The Hall–Kier alpha value is -0.750. The lowest BCUT2D eigenvalue weighted by Crippen LogP contribution is -2.33. The third kappa shape index (κ3) is 3.32. The van der Waals surface area contributed by atoms with E-state index in [1.54, 1.807) is 14.2 Å². The quantitative estimate of drug-likeness (QED) is 0.494. The van der Waals surface area contributed by atoms with Crippen molar-refractivity contribution in [3.63, 3.8) is 0 Å². The maximum atomic E-state index is 5.86. The molecule has 0 aliphatic heterocycles. The summed E-state index contributed by atoms with van der Waals surface area (Å²) in [6.45, 7) is 5.05. The van der Waals surface area contributed by atoms with E-state index in [1.807, 2.05) is 6.07 Å². The number of benzene rings is 1. The van der Waals surface area contributed by atoms with Crippen LogP contribution in [0.4, 0.5) is 0 Å². The van der Waals surface area contributed by atoms with Crippen LogP contribution in [0.1, 0.15) is 64.2 Å². The standard InChI is InChI=1S/C21H33O2P/c1-22-19-15-10-16-20(21(19)23-2)24(3,17-11-6-4-7-12-17)18-13-8-5-9-14-18/h10,15-18H,3-9,11-14H2,1-2H3. The molecule has 0 N–H and O–H groups in total. The molecule has 2 saturated carbocycles. The highest BCUT2D eigenvalue weighted by atomic mass is 31.2. The fourth-order valence-corrected chi connectivity index (χ4v) is 9.87. The first-order chi connectivity index (χ1) is 11.7. The molecule has 2 aliphatic rings. The maximum Gasteiger partial charge on any atom is 0.200 e. The van der Waals surface area contributed by atoms with Crippen molar-refractivity contribution >= 4 is 12.6 Å². The molecular formula is C21H33O2P. The monoisotopic (exact) mass is 348 g/mol. The molecule has 2 aliphatic carbocycles. The summed E-state index contributed by atoms with van der Waals surface area (Å²) in [4.78, 5) is 0. The minimum absolute atomic E-state index is 0.773. The van der Waals surface area contributed by atoms with Crippen molar-refractivity contribution in [3.05, 3.63) is 24.9 Å². The van der Waals surface area contributed by atoms with Crippen LogP contribution in [0, 0.1) is 6.66 Å². The smallest absolute Gasteiger partial charge is 0.200 e. The first kappa shape index (κ1) is 18.1. The average Bonchev–Trinajstić information content (AvgIpc) is 2.68. The average molecular weight is 348 g/mol. The molecule has 0 radical (unpaired) electrons. The second-order valence-electron chi connectivity index (χ2n) is 7.53. The van der Waals surface area contributed by atoms with Gasteiger partial charge in [-0.3, -0.25) is 0 Å². The Kier molecular flexibility index (Phi) is 6.08. The molecule has 3 heteroatoms. The van der Waals surface area contributed by atoms with Gasteiger partial charge in [0.2, 0.25) is 5.75 Å². The van der Waals surface area contributed by atoms with E-state index >= 15 is 0 Å². The van der Waals surface area contributed by atoms with E-state index in [1.165, 1.54) is 69.5 Å². The second kappa shape index (κ2) is 8.09. The zero-order valence-electron chi connectivity index (χ0n) is 15.4. The Balaban J connectivity index is 2.06. The van der Waals surface area contributed by atoms with Crippen molar-refractivity contribution in [2.75, 3.05) is 14.2 Å². The molecule has 1 aromatic rings. The summed E-state index contributed by atoms with van der Waals surface area (Å²) in [7, 11) is 2.01. The van der Waals surface area contributed by atoms with Gasteiger partial charge in [-0.1, -0.05) is 26.2 Å². The van der Waals surface area contributed by atoms with Crippen LogP contribution < -0.4 is 14.8 Å². The third-order valence-electron chi connectivity index (χ3n) is 6.28. The van der Waals surface area contributed by atoms with Gasteiger partial charge in [0.1, 0.15) is 5.30 Å². The Labute approximate surface area is 148 Å². The van der Waals surface area contributed by atoms with E-state index in [4.69, 9.17) is 16.1 Å². The molecule has 0 atom stereocenters. The molecule has 0 saturated heterocycles. The van der Waals surface area contributed by atoms with Crippen LogP contribution in [0.2, 0.25) is 0 Å². The van der Waals surface area contributed by atoms with Crippen molar-refractivity contribution in [3.8, 4) is 11.5 Å². The summed E-state index contributed by atoms with van der Waals surface area (Å²) in [5.41, 5.74) is 1.55. The molecule has 0 aromatic heterocycles. The van der Waals surface area contributed by atoms with Gasteiger partial charge in [0, 0.05) is 11.3 Å². The Morgan fingerprint density at radius 3 is 1.83 bits per heavy atom. The van der Waals surface area contributed by atoms with Crippen LogP contribution in [0.15, 0.2) is 18.2 Å². The van der Waals surface area contributed by atoms with Crippen molar-refractivity contribution in [1.29, 1.82) is 0 Å². The first-order valence-corrected chi connectivity index (χ1v) is 11.8. The predicted molar refractivity (Wildman–Crippen MR) is 105 cm³/mol. The second-order valence-corrected chi connectivity index (χ2v) is 11.3. The van der Waals surface area contributed by atoms with Gasteiger partial charge in [0.25, 0.3) is 0 Å². The highest BCUT2D eigenvalue weighted by molar-refractivity contribution is 7.85. The highest BCUT2D eigenvalue weighted by Crippen LogP contribution is 2.71. The number of hydrogen-bond donors (Lipinski definition) is 0. The predicted octanol–water partition coefficient (Wildman–Crippen LogP) is 5.80. The van der Waals surface area contributed by atoms with Gasteiger partial charge in [0.15, 0.2) is 5.75 Å². The van der Waals surface area contributed by atoms with Crippen LogP contribution in [-0.4, -0.2) is 25.5 Å². The Morgan fingerprint density at radius 2 is 1.38 bits per heavy atom. The zero-order chi connectivity index (χ0) is 17.0. The molecule has 1 aromatic carbocycles. The fourth-order valence-electron chi connectivity index (χ4n) is 4.97. The SMILES string of the molecule is [CH2-][P+](c1cccc(OC)c1OC)(C1CCCCC1)C1CCCCC1. The van der Waals surface area contributed by atoms with Gasteiger partial charge >= 0.3 is 0 Å². The van der Waals surface area contributed by atoms with E-state index in [0.29, 0.717) is 0 Å². The number of para-hydroxylation sites is 1. The van der Waals surface area contributed by atoms with Gasteiger partial charge in [-0.2, -0.15) is 6.66 Å². The van der Waals surface area contributed by atoms with Gasteiger partial charge < -0.3 is 9.47 Å². The van der Waals surface area contributed by atoms with Crippen LogP contribution in [0.25, 0.3) is 0 Å². The molecule has 2 fully saturated rings. The van der Waals surface area contributed by atoms with E-state index in [2.05, 4.69) is 12.1 Å². The number of rotatable bonds is 5. The maximum absolute atomic E-state index is 5.86. The highest BCUT2D eigenvalue weighted by Gasteiger charge is 2.46. The molecule has 0 unspecified atom stereocenters. The molecule has 0 bridgehead atoms. The van der Waals surface area contributed by atoms with Crippen molar-refractivity contribution in [2.24, 2.45) is 0 Å². The first-order valence-electron chi connectivity index (χ1n) is 9.66. The Bertz CT molecular complexity index is 513. The lowest BCUT2D eigenvalue weighted by molar-refractivity contribution is 0.357. The number of ether oxygens (including phenoxy) is 2. The molecule has 0 spiro atoms. The van der Waals surface area contributed by atoms with Crippen LogP contribution in [0.3, 0.4) is 0 Å².